The molecule has 0 aliphatic carbocycles. The Hall–Kier alpha value is -3.31. The van der Waals surface area contributed by atoms with Gasteiger partial charge < -0.3 is 19.4 Å². The molecule has 3 aromatic rings. The van der Waals surface area contributed by atoms with Gasteiger partial charge in [-0.15, -0.1) is 0 Å². The molecule has 168 valence electrons. The fourth-order valence-electron chi connectivity index (χ4n) is 5.28. The summed E-state index contributed by atoms with van der Waals surface area (Å²) in [4.78, 5) is 12.3. The largest absolute Gasteiger partial charge is 0.487 e. The molecule has 3 aliphatic heterocycles. The van der Waals surface area contributed by atoms with Gasteiger partial charge in [-0.05, 0) is 37.1 Å². The van der Waals surface area contributed by atoms with E-state index >= 15 is 0 Å². The minimum Gasteiger partial charge on any atom is -0.487 e. The van der Waals surface area contributed by atoms with Crippen molar-refractivity contribution < 1.29 is 4.74 Å². The van der Waals surface area contributed by atoms with Gasteiger partial charge in [0.15, 0.2) is 0 Å². The normalized spacial score (nSPS) is 18.2. The molecule has 0 N–H and O–H groups in total. The second-order valence-corrected chi connectivity index (χ2v) is 9.11. The summed E-state index contributed by atoms with van der Waals surface area (Å²) in [6.45, 7) is 5.67. The van der Waals surface area contributed by atoms with Crippen LogP contribution in [0.1, 0.15) is 18.4 Å². The highest BCUT2D eigenvalue weighted by atomic mass is 16.5. The summed E-state index contributed by atoms with van der Waals surface area (Å²) in [6.07, 6.45) is 4.68. The van der Waals surface area contributed by atoms with Gasteiger partial charge in [0.2, 0.25) is 0 Å². The quantitative estimate of drug-likeness (QED) is 0.624. The van der Waals surface area contributed by atoms with E-state index in [4.69, 9.17) is 9.73 Å². The Labute approximate surface area is 195 Å². The molecule has 1 fully saturated rings. The van der Waals surface area contributed by atoms with Crippen molar-refractivity contribution in [3.05, 3.63) is 88.9 Å². The van der Waals surface area contributed by atoms with E-state index in [2.05, 4.69) is 93.7 Å². The van der Waals surface area contributed by atoms with E-state index in [0.29, 0.717) is 12.6 Å². The van der Waals surface area contributed by atoms with Crippen molar-refractivity contribution in [2.45, 2.75) is 25.5 Å². The summed E-state index contributed by atoms with van der Waals surface area (Å²) in [6, 6.07) is 26.1. The Morgan fingerprint density at radius 1 is 0.818 bits per heavy atom. The van der Waals surface area contributed by atoms with Crippen LogP contribution in [0.3, 0.4) is 0 Å². The Bertz CT molecular complexity index is 1200. The van der Waals surface area contributed by atoms with Crippen LogP contribution in [0.5, 0.6) is 5.75 Å². The molecule has 3 heterocycles. The molecule has 0 aromatic heterocycles. The maximum Gasteiger partial charge on any atom is 0.143 e. The molecule has 0 amide bonds. The maximum atomic E-state index is 6.13. The van der Waals surface area contributed by atoms with Gasteiger partial charge in [0.05, 0.1) is 11.0 Å². The third-order valence-corrected chi connectivity index (χ3v) is 7.13. The van der Waals surface area contributed by atoms with Gasteiger partial charge in [-0.3, -0.25) is 4.99 Å². The Balaban J connectivity index is 1.12. The summed E-state index contributed by atoms with van der Waals surface area (Å²) in [5.41, 5.74) is 3.68. The number of hydrogen-bond acceptors (Lipinski definition) is 5. The molecule has 3 aromatic carbocycles. The summed E-state index contributed by atoms with van der Waals surface area (Å²) in [7, 11) is 0. The van der Waals surface area contributed by atoms with E-state index in [1.807, 2.05) is 0 Å². The third kappa shape index (κ3) is 4.09. The van der Waals surface area contributed by atoms with Crippen LogP contribution in [0.4, 0.5) is 11.4 Å². The molecule has 6 rings (SSSR count). The first-order valence-electron chi connectivity index (χ1n) is 12.0. The predicted octanol–water partition coefficient (Wildman–Crippen LogP) is 3.51. The molecule has 0 atom stereocenters. The van der Waals surface area contributed by atoms with Crippen LogP contribution in [0.2, 0.25) is 0 Å². The minimum absolute atomic E-state index is 0.575. The van der Waals surface area contributed by atoms with Crippen molar-refractivity contribution in [3.8, 4) is 5.75 Å². The first-order chi connectivity index (χ1) is 16.3. The van der Waals surface area contributed by atoms with Gasteiger partial charge in [-0.2, -0.15) is 0 Å². The van der Waals surface area contributed by atoms with Crippen LogP contribution < -0.4 is 20.2 Å². The minimum atomic E-state index is 0.575. The van der Waals surface area contributed by atoms with E-state index < -0.39 is 0 Å². The van der Waals surface area contributed by atoms with E-state index in [-0.39, 0.29) is 0 Å². The fourth-order valence-corrected chi connectivity index (χ4v) is 5.28. The zero-order valence-electron chi connectivity index (χ0n) is 18.9. The first-order valence-corrected chi connectivity index (χ1v) is 12.0. The molecule has 0 unspecified atom stereocenters. The number of rotatable bonds is 4. The second-order valence-electron chi connectivity index (χ2n) is 9.11. The highest BCUT2D eigenvalue weighted by Gasteiger charge is 2.26. The van der Waals surface area contributed by atoms with E-state index in [0.717, 1.165) is 44.0 Å². The topological polar surface area (TPSA) is 31.3 Å². The lowest BCUT2D eigenvalue weighted by molar-refractivity contribution is 0.154. The van der Waals surface area contributed by atoms with Gasteiger partial charge in [0, 0.05) is 54.9 Å². The van der Waals surface area contributed by atoms with Gasteiger partial charge >= 0.3 is 0 Å². The lowest BCUT2D eigenvalue weighted by atomic mass is 10.0. The average molecular weight is 439 g/mol. The third-order valence-electron chi connectivity index (χ3n) is 7.13. The Morgan fingerprint density at radius 2 is 1.58 bits per heavy atom. The smallest absolute Gasteiger partial charge is 0.143 e. The van der Waals surface area contributed by atoms with Crippen molar-refractivity contribution in [2.75, 3.05) is 37.7 Å². The zero-order valence-corrected chi connectivity index (χ0v) is 18.9. The fraction of sp³-hybridized carbons (Fsp3) is 0.321. The average Bonchev–Trinajstić information content (AvgIpc) is 3.04. The molecule has 0 radical (unpaired) electrons. The van der Waals surface area contributed by atoms with Crippen molar-refractivity contribution in [1.29, 1.82) is 0 Å². The monoisotopic (exact) mass is 438 g/mol. The standard InChI is InChI=1S/C28H30N4O/c1-3-9-25-22(7-1)19-31(21-29-25)24-13-15-30(16-14-24)17-18-32-26-10-4-2-8-23(26)20-33-28-12-6-5-11-27(28)32/h1-12,19,24H,13-18,20-21H2. The number of anilines is 2. The summed E-state index contributed by atoms with van der Waals surface area (Å²) >= 11 is 0. The number of nitrogens with zero attached hydrogens (tertiary/aromatic N) is 4. The van der Waals surface area contributed by atoms with Crippen LogP contribution in [-0.4, -0.2) is 48.7 Å². The number of hydrogen-bond donors (Lipinski definition) is 0. The highest BCUT2D eigenvalue weighted by Crippen LogP contribution is 2.39. The number of fused-ring (bicyclic) bond motifs is 3. The van der Waals surface area contributed by atoms with Crippen molar-refractivity contribution in [2.24, 2.45) is 4.99 Å². The van der Waals surface area contributed by atoms with Crippen molar-refractivity contribution in [3.63, 3.8) is 0 Å². The van der Waals surface area contributed by atoms with Gasteiger partial charge in [-0.1, -0.05) is 48.5 Å². The maximum absolute atomic E-state index is 6.13. The molecule has 1 saturated heterocycles. The van der Waals surface area contributed by atoms with Crippen LogP contribution in [0, 0.1) is 0 Å². The highest BCUT2D eigenvalue weighted by molar-refractivity contribution is 5.72. The summed E-state index contributed by atoms with van der Waals surface area (Å²) < 4.78 is 6.13. The lowest BCUT2D eigenvalue weighted by Crippen LogP contribution is -2.47. The molecule has 5 heteroatoms. The molecule has 3 aliphatic rings. The number of likely N-dealkylation sites (tertiary alicyclic amines) is 1. The number of benzene rings is 3. The molecule has 5 nitrogen and oxygen atoms in total. The molecular formula is C28H30N4O. The number of para-hydroxylation sites is 4. The van der Waals surface area contributed by atoms with Crippen LogP contribution in [0.25, 0.3) is 6.20 Å². The number of piperidine rings is 1. The molecule has 0 spiro atoms. The molecular weight excluding hydrogens is 408 g/mol. The molecule has 0 bridgehead atoms. The van der Waals surface area contributed by atoms with Gasteiger partial charge in [-0.25, -0.2) is 0 Å². The van der Waals surface area contributed by atoms with E-state index in [1.165, 1.54) is 35.0 Å². The van der Waals surface area contributed by atoms with Crippen LogP contribution in [0.15, 0.2) is 77.8 Å². The van der Waals surface area contributed by atoms with E-state index in [9.17, 15) is 0 Å². The molecule has 33 heavy (non-hydrogen) atoms. The summed E-state index contributed by atoms with van der Waals surface area (Å²) in [5.74, 6) is 0.970. The van der Waals surface area contributed by atoms with Gasteiger partial charge in [0.25, 0.3) is 0 Å². The van der Waals surface area contributed by atoms with Crippen LogP contribution >= 0.6 is 0 Å². The van der Waals surface area contributed by atoms with Gasteiger partial charge in [0.1, 0.15) is 19.0 Å². The van der Waals surface area contributed by atoms with Crippen molar-refractivity contribution in [1.82, 2.24) is 9.80 Å². The zero-order chi connectivity index (χ0) is 22.0. The lowest BCUT2D eigenvalue weighted by Gasteiger charge is -2.39. The SMILES string of the molecule is C1=c2ccccc2=NCN1C1CCN(CCN2c3ccccc3COc3ccccc32)CC1. The number of ether oxygens (including phenoxy) is 1. The van der Waals surface area contributed by atoms with Crippen LogP contribution in [-0.2, 0) is 6.61 Å². The Morgan fingerprint density at radius 3 is 2.48 bits per heavy atom. The van der Waals surface area contributed by atoms with E-state index in [1.54, 1.807) is 0 Å². The Kier molecular flexibility index (Phi) is 5.48. The summed E-state index contributed by atoms with van der Waals surface area (Å²) in [5, 5.41) is 2.36. The second kappa shape index (κ2) is 8.91. The predicted molar refractivity (Wildman–Crippen MR) is 132 cm³/mol. The molecule has 0 saturated carbocycles. The van der Waals surface area contributed by atoms with Crippen molar-refractivity contribution >= 4 is 17.6 Å². The first kappa shape index (κ1) is 20.3.